The lowest BCUT2D eigenvalue weighted by Crippen LogP contribution is -2.14. The maximum Gasteiger partial charge on any atom is 0.258 e. The number of halogens is 2. The van der Waals surface area contributed by atoms with Crippen LogP contribution in [0, 0.1) is 0 Å². The van der Waals surface area contributed by atoms with E-state index in [2.05, 4.69) is 15.3 Å². The first kappa shape index (κ1) is 12.6. The van der Waals surface area contributed by atoms with E-state index in [1.54, 1.807) is 12.1 Å². The summed E-state index contributed by atoms with van der Waals surface area (Å²) in [7, 11) is 0. The van der Waals surface area contributed by atoms with E-state index in [0.29, 0.717) is 16.5 Å². The number of hydrogen-bond acceptors (Lipinski definition) is 4. The highest BCUT2D eigenvalue weighted by atomic mass is 35.5. The van der Waals surface area contributed by atoms with E-state index in [9.17, 15) is 4.79 Å². The molecule has 0 atom stereocenters. The van der Waals surface area contributed by atoms with Gasteiger partial charge in [0, 0.05) is 11.8 Å². The van der Waals surface area contributed by atoms with Crippen molar-refractivity contribution in [2.75, 3.05) is 11.1 Å². The lowest BCUT2D eigenvalue weighted by atomic mass is 10.2. The fourth-order valence-electron chi connectivity index (χ4n) is 1.30. The van der Waals surface area contributed by atoms with Crippen LogP contribution in [-0.4, -0.2) is 15.9 Å². The SMILES string of the molecule is Nc1ccc(Cl)c(C(=O)Nc2cc(Cl)ncn2)c1. The van der Waals surface area contributed by atoms with E-state index in [0.717, 1.165) is 0 Å². The summed E-state index contributed by atoms with van der Waals surface area (Å²) in [6, 6.07) is 6.08. The highest BCUT2D eigenvalue weighted by Crippen LogP contribution is 2.20. The van der Waals surface area contributed by atoms with Crippen LogP contribution in [0.3, 0.4) is 0 Å². The molecule has 7 heteroatoms. The Hall–Kier alpha value is -1.85. The summed E-state index contributed by atoms with van der Waals surface area (Å²) < 4.78 is 0. The monoisotopic (exact) mass is 282 g/mol. The first-order valence-corrected chi connectivity index (χ1v) is 5.66. The van der Waals surface area contributed by atoms with Gasteiger partial charge in [0.15, 0.2) is 0 Å². The summed E-state index contributed by atoms with van der Waals surface area (Å²) in [6.45, 7) is 0. The first-order valence-electron chi connectivity index (χ1n) is 4.90. The maximum atomic E-state index is 11.9. The Balaban J connectivity index is 2.24. The molecule has 0 fully saturated rings. The number of anilines is 2. The molecule has 92 valence electrons. The molecule has 1 heterocycles. The second kappa shape index (κ2) is 5.20. The topological polar surface area (TPSA) is 80.9 Å². The molecule has 0 aliphatic carbocycles. The average molecular weight is 283 g/mol. The van der Waals surface area contributed by atoms with Gasteiger partial charge in [-0.3, -0.25) is 4.79 Å². The third-order valence-electron chi connectivity index (χ3n) is 2.11. The van der Waals surface area contributed by atoms with E-state index in [-0.39, 0.29) is 10.7 Å². The van der Waals surface area contributed by atoms with E-state index >= 15 is 0 Å². The van der Waals surface area contributed by atoms with Crippen LogP contribution in [-0.2, 0) is 0 Å². The largest absolute Gasteiger partial charge is 0.399 e. The Labute approximate surface area is 113 Å². The fourth-order valence-corrected chi connectivity index (χ4v) is 1.65. The van der Waals surface area contributed by atoms with E-state index in [1.807, 2.05) is 0 Å². The number of hydrogen-bond donors (Lipinski definition) is 2. The Morgan fingerprint density at radius 2 is 2.00 bits per heavy atom. The maximum absolute atomic E-state index is 11.9. The minimum Gasteiger partial charge on any atom is -0.399 e. The molecule has 0 radical (unpaired) electrons. The van der Waals surface area contributed by atoms with Crippen LogP contribution in [0.25, 0.3) is 0 Å². The summed E-state index contributed by atoms with van der Waals surface area (Å²) in [5.74, 6) is -0.124. The van der Waals surface area contributed by atoms with Crippen molar-refractivity contribution in [1.29, 1.82) is 0 Å². The highest BCUT2D eigenvalue weighted by Gasteiger charge is 2.11. The molecule has 5 nitrogen and oxygen atoms in total. The van der Waals surface area contributed by atoms with Crippen molar-refractivity contribution < 1.29 is 4.79 Å². The predicted molar refractivity (Wildman–Crippen MR) is 70.9 cm³/mol. The molecular formula is C11H8Cl2N4O. The van der Waals surface area contributed by atoms with Crippen molar-refractivity contribution in [2.24, 2.45) is 0 Å². The van der Waals surface area contributed by atoms with Gasteiger partial charge in [-0.2, -0.15) is 0 Å². The van der Waals surface area contributed by atoms with Crippen molar-refractivity contribution in [3.8, 4) is 0 Å². The van der Waals surface area contributed by atoms with Crippen molar-refractivity contribution in [2.45, 2.75) is 0 Å². The van der Waals surface area contributed by atoms with Crippen molar-refractivity contribution in [3.05, 3.63) is 46.3 Å². The third-order valence-corrected chi connectivity index (χ3v) is 2.65. The van der Waals surface area contributed by atoms with Crippen LogP contribution in [0.5, 0.6) is 0 Å². The second-order valence-corrected chi connectivity index (χ2v) is 4.21. The van der Waals surface area contributed by atoms with Crippen LogP contribution in [0.2, 0.25) is 10.2 Å². The molecule has 0 saturated heterocycles. The number of nitrogens with two attached hydrogens (primary N) is 1. The molecule has 0 unspecified atom stereocenters. The van der Waals surface area contributed by atoms with Crippen LogP contribution in [0.4, 0.5) is 11.5 Å². The van der Waals surface area contributed by atoms with Crippen molar-refractivity contribution in [1.82, 2.24) is 9.97 Å². The van der Waals surface area contributed by atoms with Gasteiger partial charge in [0.05, 0.1) is 10.6 Å². The second-order valence-electron chi connectivity index (χ2n) is 3.42. The number of aromatic nitrogens is 2. The molecule has 1 aromatic heterocycles. The molecule has 1 aromatic carbocycles. The highest BCUT2D eigenvalue weighted by molar-refractivity contribution is 6.34. The Kier molecular flexibility index (Phi) is 3.64. The van der Waals surface area contributed by atoms with Gasteiger partial charge in [-0.15, -0.1) is 0 Å². The number of nitrogens with zero attached hydrogens (tertiary/aromatic N) is 2. The van der Waals surface area contributed by atoms with Crippen LogP contribution in [0.15, 0.2) is 30.6 Å². The zero-order chi connectivity index (χ0) is 13.1. The molecule has 2 aromatic rings. The molecule has 18 heavy (non-hydrogen) atoms. The standard InChI is InChI=1S/C11H8Cl2N4O/c12-8-2-1-6(14)3-7(8)11(18)17-10-4-9(13)15-5-16-10/h1-5H,14H2,(H,15,16,17,18). The average Bonchev–Trinajstić information content (AvgIpc) is 2.32. The lowest BCUT2D eigenvalue weighted by Gasteiger charge is -2.06. The number of benzene rings is 1. The smallest absolute Gasteiger partial charge is 0.258 e. The van der Waals surface area contributed by atoms with Gasteiger partial charge in [-0.05, 0) is 18.2 Å². The summed E-state index contributed by atoms with van der Waals surface area (Å²) >= 11 is 11.6. The third kappa shape index (κ3) is 2.88. The molecule has 0 aliphatic rings. The fraction of sp³-hybridized carbons (Fsp3) is 0. The predicted octanol–water partition coefficient (Wildman–Crippen LogP) is 2.62. The van der Waals surface area contributed by atoms with Gasteiger partial charge in [-0.1, -0.05) is 23.2 Å². The quantitative estimate of drug-likeness (QED) is 0.655. The van der Waals surface area contributed by atoms with Crippen LogP contribution < -0.4 is 11.1 Å². The van der Waals surface area contributed by atoms with E-state index < -0.39 is 5.91 Å². The number of carbonyl (C=O) groups is 1. The normalized spacial score (nSPS) is 10.1. The minimum atomic E-state index is -0.415. The van der Waals surface area contributed by atoms with Crippen LogP contribution >= 0.6 is 23.2 Å². The summed E-state index contributed by atoms with van der Waals surface area (Å²) in [5, 5.41) is 3.10. The lowest BCUT2D eigenvalue weighted by molar-refractivity contribution is 0.102. The van der Waals surface area contributed by atoms with Gasteiger partial charge < -0.3 is 11.1 Å². The summed E-state index contributed by atoms with van der Waals surface area (Å²) in [5.41, 5.74) is 6.32. The molecule has 0 bridgehead atoms. The number of rotatable bonds is 2. The van der Waals surface area contributed by atoms with Gasteiger partial charge in [0.1, 0.15) is 17.3 Å². The number of nitrogens with one attached hydrogen (secondary N) is 1. The Bertz CT molecular complexity index is 603. The molecule has 2 rings (SSSR count). The molecular weight excluding hydrogens is 275 g/mol. The zero-order valence-corrected chi connectivity index (χ0v) is 10.5. The van der Waals surface area contributed by atoms with Gasteiger partial charge in [-0.25, -0.2) is 9.97 Å². The molecule has 0 spiro atoms. The minimum absolute atomic E-state index is 0.235. The molecule has 0 saturated carbocycles. The first-order chi connectivity index (χ1) is 8.56. The van der Waals surface area contributed by atoms with Gasteiger partial charge in [0.25, 0.3) is 5.91 Å². The zero-order valence-electron chi connectivity index (χ0n) is 9.02. The number of nitrogen functional groups attached to an aromatic ring is 1. The summed E-state index contributed by atoms with van der Waals surface area (Å²) in [4.78, 5) is 19.5. The Morgan fingerprint density at radius 1 is 1.22 bits per heavy atom. The van der Waals surface area contributed by atoms with Crippen molar-refractivity contribution >= 4 is 40.6 Å². The number of carbonyl (C=O) groups excluding carboxylic acids is 1. The number of amides is 1. The molecule has 0 aliphatic heterocycles. The van der Waals surface area contributed by atoms with Crippen LogP contribution in [0.1, 0.15) is 10.4 Å². The van der Waals surface area contributed by atoms with Gasteiger partial charge >= 0.3 is 0 Å². The molecule has 3 N–H and O–H groups in total. The van der Waals surface area contributed by atoms with E-state index in [1.165, 1.54) is 18.5 Å². The summed E-state index contributed by atoms with van der Waals surface area (Å²) in [6.07, 6.45) is 1.25. The van der Waals surface area contributed by atoms with Crippen molar-refractivity contribution in [3.63, 3.8) is 0 Å². The Morgan fingerprint density at radius 3 is 2.72 bits per heavy atom. The van der Waals surface area contributed by atoms with Gasteiger partial charge in [0.2, 0.25) is 0 Å². The molecule has 1 amide bonds. The van der Waals surface area contributed by atoms with E-state index in [4.69, 9.17) is 28.9 Å².